The molecule has 1 heterocycles. The fourth-order valence-electron chi connectivity index (χ4n) is 2.64. The van der Waals surface area contributed by atoms with Gasteiger partial charge in [-0.25, -0.2) is 4.39 Å². The Kier molecular flexibility index (Phi) is 6.16. The molecular formula is C15H24FN3O4S. The Morgan fingerprint density at radius 3 is 2.75 bits per heavy atom. The molecule has 1 aromatic rings. The molecule has 1 aliphatic rings. The predicted molar refractivity (Wildman–Crippen MR) is 88.4 cm³/mol. The van der Waals surface area contributed by atoms with Crippen molar-refractivity contribution in [2.75, 3.05) is 34.3 Å². The van der Waals surface area contributed by atoms with E-state index in [4.69, 9.17) is 4.74 Å². The van der Waals surface area contributed by atoms with Crippen molar-refractivity contribution in [2.24, 2.45) is 0 Å². The topological polar surface area (TPSA) is 82.1 Å². The molecule has 0 aliphatic carbocycles. The van der Waals surface area contributed by atoms with Gasteiger partial charge < -0.3 is 9.84 Å². The van der Waals surface area contributed by atoms with Crippen LogP contribution < -0.4 is 9.46 Å². The molecule has 2 rings (SSSR count). The maximum Gasteiger partial charge on any atom is 0.279 e. The van der Waals surface area contributed by atoms with Gasteiger partial charge in [-0.15, -0.1) is 0 Å². The SMILES string of the molecule is COc1cc(CN2CC[C@@H](NS(=O)(=O)N(C)C)[C@H](O)C2)ccc1F. The average molecular weight is 361 g/mol. The van der Waals surface area contributed by atoms with E-state index < -0.39 is 28.2 Å². The van der Waals surface area contributed by atoms with E-state index >= 15 is 0 Å². The number of aliphatic hydroxyl groups is 1. The number of hydrogen-bond acceptors (Lipinski definition) is 5. The number of methoxy groups -OCH3 is 1. The van der Waals surface area contributed by atoms with E-state index in [2.05, 4.69) is 4.72 Å². The number of nitrogens with one attached hydrogen (secondary N) is 1. The summed E-state index contributed by atoms with van der Waals surface area (Å²) < 4.78 is 45.7. The summed E-state index contributed by atoms with van der Waals surface area (Å²) in [4.78, 5) is 2.00. The fraction of sp³-hybridized carbons (Fsp3) is 0.600. The average Bonchev–Trinajstić information content (AvgIpc) is 2.51. The molecule has 1 aromatic carbocycles. The minimum atomic E-state index is -3.57. The lowest BCUT2D eigenvalue weighted by molar-refractivity contribution is 0.0441. The molecule has 0 radical (unpaired) electrons. The van der Waals surface area contributed by atoms with Crippen LogP contribution in [-0.2, 0) is 16.8 Å². The Labute approximate surface area is 142 Å². The highest BCUT2D eigenvalue weighted by molar-refractivity contribution is 7.87. The van der Waals surface area contributed by atoms with Crippen molar-refractivity contribution in [1.82, 2.24) is 13.9 Å². The molecule has 0 spiro atoms. The van der Waals surface area contributed by atoms with Crippen LogP contribution in [0.3, 0.4) is 0 Å². The third-order valence-corrected chi connectivity index (χ3v) is 5.63. The van der Waals surface area contributed by atoms with Crippen LogP contribution in [0.4, 0.5) is 4.39 Å². The first-order chi connectivity index (χ1) is 11.2. The van der Waals surface area contributed by atoms with E-state index in [0.29, 0.717) is 26.1 Å². The summed E-state index contributed by atoms with van der Waals surface area (Å²) in [5.74, 6) is -0.236. The number of likely N-dealkylation sites (tertiary alicyclic amines) is 1. The lowest BCUT2D eigenvalue weighted by Crippen LogP contribution is -2.55. The van der Waals surface area contributed by atoms with E-state index in [0.717, 1.165) is 9.87 Å². The maximum absolute atomic E-state index is 13.4. The van der Waals surface area contributed by atoms with Crippen LogP contribution in [0, 0.1) is 5.82 Å². The summed E-state index contributed by atoms with van der Waals surface area (Å²) in [6.45, 7) is 1.48. The van der Waals surface area contributed by atoms with Gasteiger partial charge in [-0.2, -0.15) is 17.4 Å². The van der Waals surface area contributed by atoms with Crippen LogP contribution in [-0.4, -0.2) is 69.2 Å². The first kappa shape index (κ1) is 19.1. The largest absolute Gasteiger partial charge is 0.494 e. The van der Waals surface area contributed by atoms with Gasteiger partial charge in [-0.1, -0.05) is 6.07 Å². The Hall–Kier alpha value is -1.26. The zero-order chi connectivity index (χ0) is 17.9. The van der Waals surface area contributed by atoms with Gasteiger partial charge in [0, 0.05) is 33.7 Å². The Morgan fingerprint density at radius 1 is 1.46 bits per heavy atom. The van der Waals surface area contributed by atoms with Crippen molar-refractivity contribution < 1.29 is 22.7 Å². The van der Waals surface area contributed by atoms with Crippen molar-refractivity contribution in [2.45, 2.75) is 25.1 Å². The number of benzene rings is 1. The standard InChI is InChI=1S/C15H24FN3O4S/c1-18(2)24(21,22)17-13-6-7-19(10-14(13)20)9-11-4-5-12(16)15(8-11)23-3/h4-5,8,13-14,17,20H,6-7,9-10H2,1-3H3/t13-,14-/m1/s1. The monoisotopic (exact) mass is 361 g/mol. The Bertz CT molecular complexity index is 669. The van der Waals surface area contributed by atoms with Crippen molar-refractivity contribution in [3.63, 3.8) is 0 Å². The summed E-state index contributed by atoms with van der Waals surface area (Å²) in [7, 11) is 0.709. The normalized spacial score (nSPS) is 22.8. The number of ether oxygens (including phenoxy) is 1. The number of piperidine rings is 1. The zero-order valence-corrected chi connectivity index (χ0v) is 14.9. The highest BCUT2D eigenvalue weighted by Crippen LogP contribution is 2.21. The van der Waals surface area contributed by atoms with Crippen molar-refractivity contribution >= 4 is 10.2 Å². The molecule has 0 aromatic heterocycles. The first-order valence-electron chi connectivity index (χ1n) is 7.65. The number of nitrogens with zero attached hydrogens (tertiary/aromatic N) is 2. The molecule has 2 N–H and O–H groups in total. The van der Waals surface area contributed by atoms with Crippen LogP contribution in [0.5, 0.6) is 5.75 Å². The summed E-state index contributed by atoms with van der Waals surface area (Å²) >= 11 is 0. The molecule has 0 saturated carbocycles. The second-order valence-corrected chi connectivity index (χ2v) is 7.99. The van der Waals surface area contributed by atoms with Crippen LogP contribution >= 0.6 is 0 Å². The Balaban J connectivity index is 1.96. The molecule has 0 bridgehead atoms. The molecule has 136 valence electrons. The molecule has 1 aliphatic heterocycles. The zero-order valence-electron chi connectivity index (χ0n) is 14.1. The molecule has 1 fully saturated rings. The van der Waals surface area contributed by atoms with Gasteiger partial charge in [0.15, 0.2) is 11.6 Å². The summed E-state index contributed by atoms with van der Waals surface area (Å²) in [5, 5.41) is 10.2. The molecule has 0 unspecified atom stereocenters. The van der Waals surface area contributed by atoms with Crippen molar-refractivity contribution in [3.05, 3.63) is 29.6 Å². The van der Waals surface area contributed by atoms with Gasteiger partial charge in [0.2, 0.25) is 0 Å². The van der Waals surface area contributed by atoms with Crippen LogP contribution in [0.1, 0.15) is 12.0 Å². The van der Waals surface area contributed by atoms with E-state index in [9.17, 15) is 17.9 Å². The highest BCUT2D eigenvalue weighted by atomic mass is 32.2. The molecule has 2 atom stereocenters. The molecule has 24 heavy (non-hydrogen) atoms. The fourth-order valence-corrected chi connectivity index (χ4v) is 3.50. The number of β-amino-alcohol motifs (C(OH)–C–C–N with tert-alkyl or cyclic N) is 1. The quantitative estimate of drug-likeness (QED) is 0.755. The van der Waals surface area contributed by atoms with Gasteiger partial charge in [-0.3, -0.25) is 4.90 Å². The van der Waals surface area contributed by atoms with Gasteiger partial charge in [-0.05, 0) is 24.1 Å². The number of hydrogen-bond donors (Lipinski definition) is 2. The minimum absolute atomic E-state index is 0.182. The van der Waals surface area contributed by atoms with Crippen LogP contribution in [0.15, 0.2) is 18.2 Å². The smallest absolute Gasteiger partial charge is 0.279 e. The number of halogens is 1. The summed E-state index contributed by atoms with van der Waals surface area (Å²) in [6.07, 6.45) is -0.317. The van der Waals surface area contributed by atoms with Crippen LogP contribution in [0.2, 0.25) is 0 Å². The van der Waals surface area contributed by atoms with Crippen molar-refractivity contribution in [3.8, 4) is 5.75 Å². The molecular weight excluding hydrogens is 337 g/mol. The second kappa shape index (κ2) is 7.75. The van der Waals surface area contributed by atoms with E-state index in [1.54, 1.807) is 12.1 Å². The van der Waals surface area contributed by atoms with Gasteiger partial charge >= 0.3 is 0 Å². The minimum Gasteiger partial charge on any atom is -0.494 e. The molecule has 7 nitrogen and oxygen atoms in total. The van der Waals surface area contributed by atoms with Gasteiger partial charge in [0.1, 0.15) is 0 Å². The van der Waals surface area contributed by atoms with E-state index in [1.165, 1.54) is 27.3 Å². The predicted octanol–water partition coefficient (Wildman–Crippen LogP) is 0.166. The van der Waals surface area contributed by atoms with Crippen LogP contribution in [0.25, 0.3) is 0 Å². The molecule has 0 amide bonds. The Morgan fingerprint density at radius 2 is 2.17 bits per heavy atom. The lowest BCUT2D eigenvalue weighted by Gasteiger charge is -2.36. The second-order valence-electron chi connectivity index (χ2n) is 6.07. The summed E-state index contributed by atoms with van der Waals surface area (Å²) in [6, 6.07) is 4.13. The third kappa shape index (κ3) is 4.64. The van der Waals surface area contributed by atoms with Gasteiger partial charge in [0.05, 0.1) is 19.3 Å². The van der Waals surface area contributed by atoms with Gasteiger partial charge in [0.25, 0.3) is 10.2 Å². The number of aliphatic hydroxyl groups excluding tert-OH is 1. The maximum atomic E-state index is 13.4. The lowest BCUT2D eigenvalue weighted by atomic mass is 10.0. The first-order valence-corrected chi connectivity index (χ1v) is 9.09. The van der Waals surface area contributed by atoms with Crippen molar-refractivity contribution in [1.29, 1.82) is 0 Å². The summed E-state index contributed by atoms with van der Waals surface area (Å²) in [5.41, 5.74) is 0.868. The highest BCUT2D eigenvalue weighted by Gasteiger charge is 2.31. The third-order valence-electron chi connectivity index (χ3n) is 4.07. The van der Waals surface area contributed by atoms with E-state index in [-0.39, 0.29) is 5.75 Å². The molecule has 9 heteroatoms. The van der Waals surface area contributed by atoms with E-state index in [1.807, 2.05) is 4.90 Å². The molecule has 1 saturated heterocycles. The number of rotatable bonds is 6.